The van der Waals surface area contributed by atoms with Gasteiger partial charge in [-0.3, -0.25) is 4.90 Å². The zero-order chi connectivity index (χ0) is 35.3. The number of rotatable bonds is 9. The number of para-hydroxylation sites is 2. The van der Waals surface area contributed by atoms with E-state index in [9.17, 15) is 5.11 Å². The molecule has 4 nitrogen and oxygen atoms in total. The van der Waals surface area contributed by atoms with Crippen molar-refractivity contribution in [3.63, 3.8) is 0 Å². The average molecular weight is 672 g/mol. The van der Waals surface area contributed by atoms with E-state index in [-0.39, 0.29) is 11.7 Å². The van der Waals surface area contributed by atoms with Gasteiger partial charge < -0.3 is 5.11 Å². The Morgan fingerprint density at radius 2 is 1.04 bits per heavy atom. The zero-order valence-electron chi connectivity index (χ0n) is 28.8. The van der Waals surface area contributed by atoms with Gasteiger partial charge in [-0.1, -0.05) is 128 Å². The number of pyridine rings is 2. The van der Waals surface area contributed by atoms with Gasteiger partial charge in [0.05, 0.1) is 11.4 Å². The smallest absolute Gasteiger partial charge is 0.138 e. The van der Waals surface area contributed by atoms with Crippen LogP contribution in [0.4, 0.5) is 17.2 Å². The lowest BCUT2D eigenvalue weighted by molar-refractivity contribution is 0.477. The molecule has 0 aliphatic rings. The lowest BCUT2D eigenvalue weighted by Crippen LogP contribution is -2.12. The van der Waals surface area contributed by atoms with Crippen molar-refractivity contribution in [1.29, 1.82) is 0 Å². The van der Waals surface area contributed by atoms with Crippen molar-refractivity contribution >= 4 is 17.2 Å². The van der Waals surface area contributed by atoms with Crippen molar-refractivity contribution in [1.82, 2.24) is 9.97 Å². The monoisotopic (exact) mass is 671 g/mol. The minimum atomic E-state index is 0.0927. The summed E-state index contributed by atoms with van der Waals surface area (Å²) in [6.07, 6.45) is 1.88. The summed E-state index contributed by atoms with van der Waals surface area (Å²) in [6.45, 7) is 2.22. The molecule has 0 saturated heterocycles. The molecular weight excluding hydrogens is 635 g/mol. The van der Waals surface area contributed by atoms with E-state index in [1.807, 2.05) is 48.7 Å². The number of hydrogen-bond donors (Lipinski definition) is 1. The SMILES string of the molecule is CC(c1ccccc1)c1cc(-c2cc(-c3ccccc3)cc(N(c3ccccc3)c3cc(-c4ccccc4)ccn3)c2)nc(-c2ccccc2O)c1. The van der Waals surface area contributed by atoms with Gasteiger partial charge in [-0.2, -0.15) is 0 Å². The van der Waals surface area contributed by atoms with Crippen molar-refractivity contribution < 1.29 is 5.11 Å². The van der Waals surface area contributed by atoms with Crippen molar-refractivity contribution in [3.8, 4) is 50.5 Å². The molecule has 250 valence electrons. The van der Waals surface area contributed by atoms with Crippen LogP contribution in [0.15, 0.2) is 194 Å². The molecule has 0 saturated carbocycles. The Kier molecular flexibility index (Phi) is 9.10. The first-order valence-corrected chi connectivity index (χ1v) is 17.5. The van der Waals surface area contributed by atoms with Crippen molar-refractivity contribution in [2.24, 2.45) is 0 Å². The fraction of sp³-hybridized carbons (Fsp3) is 0.0417. The summed E-state index contributed by atoms with van der Waals surface area (Å²) in [4.78, 5) is 12.4. The Morgan fingerprint density at radius 3 is 1.73 bits per heavy atom. The first kappa shape index (κ1) is 32.4. The third kappa shape index (κ3) is 6.83. The van der Waals surface area contributed by atoms with Crippen LogP contribution in [0.25, 0.3) is 44.8 Å². The van der Waals surface area contributed by atoms with Gasteiger partial charge >= 0.3 is 0 Å². The Labute approximate surface area is 305 Å². The second-order valence-corrected chi connectivity index (χ2v) is 12.9. The molecule has 8 aromatic rings. The van der Waals surface area contributed by atoms with E-state index in [1.54, 1.807) is 6.07 Å². The van der Waals surface area contributed by atoms with Gasteiger partial charge in [0.2, 0.25) is 0 Å². The van der Waals surface area contributed by atoms with Gasteiger partial charge in [-0.15, -0.1) is 0 Å². The van der Waals surface area contributed by atoms with E-state index in [2.05, 4.69) is 151 Å². The summed E-state index contributed by atoms with van der Waals surface area (Å²) >= 11 is 0. The number of aromatic nitrogens is 2. The van der Waals surface area contributed by atoms with Gasteiger partial charge in [0.1, 0.15) is 11.6 Å². The van der Waals surface area contributed by atoms with Crippen molar-refractivity contribution in [3.05, 3.63) is 205 Å². The van der Waals surface area contributed by atoms with Crippen LogP contribution in [0.1, 0.15) is 24.0 Å². The summed E-state index contributed by atoms with van der Waals surface area (Å²) in [5.41, 5.74) is 11.8. The normalized spacial score (nSPS) is 11.6. The fourth-order valence-corrected chi connectivity index (χ4v) is 6.74. The van der Waals surface area contributed by atoms with E-state index in [1.165, 1.54) is 5.56 Å². The van der Waals surface area contributed by atoms with E-state index in [4.69, 9.17) is 9.97 Å². The summed E-state index contributed by atoms with van der Waals surface area (Å²) < 4.78 is 0. The molecular formula is C48H37N3O. The molecule has 4 heteroatoms. The highest BCUT2D eigenvalue weighted by atomic mass is 16.3. The largest absolute Gasteiger partial charge is 0.507 e. The molecule has 0 aliphatic carbocycles. The molecule has 1 atom stereocenters. The molecule has 6 aromatic carbocycles. The Morgan fingerprint density at radius 1 is 0.462 bits per heavy atom. The topological polar surface area (TPSA) is 49.2 Å². The van der Waals surface area contributed by atoms with Crippen LogP contribution in [0.2, 0.25) is 0 Å². The lowest BCUT2D eigenvalue weighted by Gasteiger charge is -2.26. The summed E-state index contributed by atoms with van der Waals surface area (Å²) in [6, 6.07) is 64.3. The summed E-state index contributed by atoms with van der Waals surface area (Å²) in [7, 11) is 0. The van der Waals surface area contributed by atoms with Crippen LogP contribution in [0.3, 0.4) is 0 Å². The molecule has 2 heterocycles. The predicted octanol–water partition coefficient (Wildman–Crippen LogP) is 12.5. The average Bonchev–Trinajstić information content (AvgIpc) is 3.22. The van der Waals surface area contributed by atoms with Crippen LogP contribution in [0.5, 0.6) is 5.75 Å². The molecule has 0 radical (unpaired) electrons. The second-order valence-electron chi connectivity index (χ2n) is 12.9. The maximum absolute atomic E-state index is 11.0. The first-order chi connectivity index (χ1) is 25.6. The maximum atomic E-state index is 11.0. The molecule has 0 bridgehead atoms. The number of phenolic OH excluding ortho intramolecular Hbond substituents is 1. The van der Waals surface area contributed by atoms with Gasteiger partial charge in [-0.05, 0) is 100 Å². The molecule has 0 fully saturated rings. The number of anilines is 3. The quantitative estimate of drug-likeness (QED) is 0.166. The minimum Gasteiger partial charge on any atom is -0.507 e. The highest BCUT2D eigenvalue weighted by molar-refractivity contribution is 5.85. The molecule has 0 spiro atoms. The molecule has 0 aliphatic heterocycles. The van der Waals surface area contributed by atoms with E-state index in [0.717, 1.165) is 62.0 Å². The van der Waals surface area contributed by atoms with Gasteiger partial charge in [0, 0.05) is 34.6 Å². The predicted molar refractivity (Wildman–Crippen MR) is 214 cm³/mol. The number of nitrogens with zero attached hydrogens (tertiary/aromatic N) is 3. The van der Waals surface area contributed by atoms with Gasteiger partial charge in [0.25, 0.3) is 0 Å². The number of phenols is 1. The van der Waals surface area contributed by atoms with Crippen LogP contribution in [-0.2, 0) is 0 Å². The van der Waals surface area contributed by atoms with Crippen molar-refractivity contribution in [2.45, 2.75) is 12.8 Å². The van der Waals surface area contributed by atoms with Crippen LogP contribution < -0.4 is 4.90 Å². The number of hydrogen-bond acceptors (Lipinski definition) is 4. The highest BCUT2D eigenvalue weighted by Gasteiger charge is 2.20. The fourth-order valence-electron chi connectivity index (χ4n) is 6.74. The third-order valence-electron chi connectivity index (χ3n) is 9.50. The Bertz CT molecular complexity index is 2430. The third-order valence-corrected chi connectivity index (χ3v) is 9.50. The zero-order valence-corrected chi connectivity index (χ0v) is 28.8. The molecule has 1 unspecified atom stereocenters. The van der Waals surface area contributed by atoms with Gasteiger partial charge in [0.15, 0.2) is 0 Å². The van der Waals surface area contributed by atoms with E-state index in [0.29, 0.717) is 5.56 Å². The maximum Gasteiger partial charge on any atom is 0.138 e. The molecule has 2 aromatic heterocycles. The van der Waals surface area contributed by atoms with Gasteiger partial charge in [-0.25, -0.2) is 9.97 Å². The van der Waals surface area contributed by atoms with Crippen LogP contribution in [-0.4, -0.2) is 15.1 Å². The van der Waals surface area contributed by atoms with E-state index >= 15 is 0 Å². The number of benzene rings is 6. The summed E-state index contributed by atoms with van der Waals surface area (Å²) in [5.74, 6) is 1.09. The standard InChI is InChI=1S/C48H37N3O/c1-34(35-16-6-2-7-17-35)39-31-45(50-46(32-39)44-24-14-15-25-47(44)52)41-28-40(37-20-10-4-11-21-37)29-43(30-41)51(42-22-12-5-13-23-42)48-33-38(26-27-49-48)36-18-8-3-9-19-36/h2-34,52H,1H3. The van der Waals surface area contributed by atoms with E-state index < -0.39 is 0 Å². The Balaban J connectivity index is 1.36. The first-order valence-electron chi connectivity index (χ1n) is 17.5. The lowest BCUT2D eigenvalue weighted by atomic mass is 9.90. The highest BCUT2D eigenvalue weighted by Crippen LogP contribution is 2.41. The number of aromatic hydroxyl groups is 1. The molecule has 52 heavy (non-hydrogen) atoms. The Hall–Kier alpha value is -6.78. The molecule has 8 rings (SSSR count). The summed E-state index contributed by atoms with van der Waals surface area (Å²) in [5, 5.41) is 11.0. The van der Waals surface area contributed by atoms with Crippen molar-refractivity contribution in [2.75, 3.05) is 4.90 Å². The second kappa shape index (κ2) is 14.6. The van der Waals surface area contributed by atoms with Crippen LogP contribution >= 0.6 is 0 Å². The molecule has 1 N–H and O–H groups in total. The minimum absolute atomic E-state index is 0.0927. The van der Waals surface area contributed by atoms with Crippen LogP contribution in [0, 0.1) is 0 Å². The molecule has 0 amide bonds.